The molecule has 0 amide bonds. The van der Waals surface area contributed by atoms with Gasteiger partial charge in [0.05, 0.1) is 0 Å². The van der Waals surface area contributed by atoms with Crippen LogP contribution in [-0.4, -0.2) is 10.8 Å². The first-order chi connectivity index (χ1) is 5.41. The van der Waals surface area contributed by atoms with E-state index in [0.29, 0.717) is 0 Å². The number of halogens is 2. The Morgan fingerprint density at radius 2 is 2.25 bits per heavy atom. The van der Waals surface area contributed by atoms with Crippen molar-refractivity contribution in [3.8, 4) is 0 Å². The van der Waals surface area contributed by atoms with Gasteiger partial charge < -0.3 is 0 Å². The molecular weight excluding hydrogens is 184 g/mol. The lowest BCUT2D eigenvalue weighted by molar-refractivity contribution is 0.0171. The van der Waals surface area contributed by atoms with Gasteiger partial charge in [0.2, 0.25) is 0 Å². The molecular formula is C7H7F2NOS. The highest BCUT2D eigenvalue weighted by atomic mass is 32.1. The number of carbonyl (C=O) groups is 1. The van der Waals surface area contributed by atoms with Gasteiger partial charge in [-0.3, -0.25) is 4.79 Å². The Morgan fingerprint density at radius 3 is 2.50 bits per heavy atom. The van der Waals surface area contributed by atoms with Crippen molar-refractivity contribution in [1.82, 2.24) is 4.98 Å². The van der Waals surface area contributed by atoms with Crippen molar-refractivity contribution in [2.45, 2.75) is 19.8 Å². The number of alkyl halides is 2. The van der Waals surface area contributed by atoms with Crippen LogP contribution in [0, 0.1) is 0 Å². The molecule has 0 unspecified atom stereocenters. The van der Waals surface area contributed by atoms with Crippen LogP contribution >= 0.6 is 11.3 Å². The minimum atomic E-state index is -2.95. The molecule has 1 aromatic rings. The summed E-state index contributed by atoms with van der Waals surface area (Å²) in [6.07, 6.45) is 0. The maximum absolute atomic E-state index is 12.6. The van der Waals surface area contributed by atoms with E-state index < -0.39 is 5.92 Å². The number of hydrogen-bond acceptors (Lipinski definition) is 3. The summed E-state index contributed by atoms with van der Waals surface area (Å²) in [5.74, 6) is -3.24. The zero-order valence-electron chi connectivity index (χ0n) is 6.60. The molecule has 0 aromatic carbocycles. The van der Waals surface area contributed by atoms with E-state index in [9.17, 15) is 13.6 Å². The molecule has 0 saturated heterocycles. The van der Waals surface area contributed by atoms with Crippen molar-refractivity contribution in [1.29, 1.82) is 0 Å². The number of Topliss-reactive ketones (excluding diaryl/α,β-unsaturated/α-hetero) is 1. The third-order valence-corrected chi connectivity index (χ3v) is 2.25. The fraction of sp³-hybridized carbons (Fsp3) is 0.429. The second kappa shape index (κ2) is 2.90. The van der Waals surface area contributed by atoms with Gasteiger partial charge in [-0.25, -0.2) is 4.98 Å². The summed E-state index contributed by atoms with van der Waals surface area (Å²) < 4.78 is 25.1. The van der Waals surface area contributed by atoms with Crippen molar-refractivity contribution in [3.05, 3.63) is 16.1 Å². The number of aromatic nitrogens is 1. The monoisotopic (exact) mass is 191 g/mol. The van der Waals surface area contributed by atoms with E-state index in [2.05, 4.69) is 4.98 Å². The Morgan fingerprint density at radius 1 is 1.67 bits per heavy atom. The first-order valence-electron chi connectivity index (χ1n) is 3.26. The second-order valence-electron chi connectivity index (χ2n) is 2.48. The number of thiazole rings is 1. The van der Waals surface area contributed by atoms with E-state index in [1.54, 1.807) is 0 Å². The SMILES string of the molecule is CC(=O)c1csc(C(C)(F)F)n1. The quantitative estimate of drug-likeness (QED) is 0.672. The molecule has 0 aliphatic rings. The summed E-state index contributed by atoms with van der Waals surface area (Å²) in [6, 6.07) is 0. The van der Waals surface area contributed by atoms with Crippen LogP contribution in [0.3, 0.4) is 0 Å². The summed E-state index contributed by atoms with van der Waals surface area (Å²) in [4.78, 5) is 14.2. The standard InChI is InChI=1S/C7H7F2NOS/c1-4(11)5-3-12-6(10-5)7(2,8)9/h3H,1-2H3. The predicted octanol–water partition coefficient (Wildman–Crippen LogP) is 2.46. The fourth-order valence-electron chi connectivity index (χ4n) is 0.637. The van der Waals surface area contributed by atoms with Crippen LogP contribution in [0.15, 0.2) is 5.38 Å². The normalized spacial score (nSPS) is 11.7. The van der Waals surface area contributed by atoms with Gasteiger partial charge in [-0.15, -0.1) is 11.3 Å². The first-order valence-corrected chi connectivity index (χ1v) is 4.14. The predicted molar refractivity (Wildman–Crippen MR) is 41.7 cm³/mol. The molecule has 1 rings (SSSR count). The summed E-state index contributed by atoms with van der Waals surface area (Å²) in [6.45, 7) is 2.06. The van der Waals surface area contributed by atoms with E-state index in [4.69, 9.17) is 0 Å². The van der Waals surface area contributed by atoms with E-state index in [0.717, 1.165) is 18.3 Å². The molecule has 0 aliphatic carbocycles. The van der Waals surface area contributed by atoms with Gasteiger partial charge in [-0.2, -0.15) is 8.78 Å². The minimum absolute atomic E-state index is 0.108. The van der Waals surface area contributed by atoms with E-state index >= 15 is 0 Å². The molecule has 2 nitrogen and oxygen atoms in total. The van der Waals surface area contributed by atoms with Crippen molar-refractivity contribution < 1.29 is 13.6 Å². The lowest BCUT2D eigenvalue weighted by atomic mass is 10.3. The van der Waals surface area contributed by atoms with Crippen LogP contribution in [-0.2, 0) is 5.92 Å². The van der Waals surface area contributed by atoms with Crippen LogP contribution in [0.25, 0.3) is 0 Å². The summed E-state index contributed by atoms with van der Waals surface area (Å²) in [5, 5.41) is 1.03. The number of ketones is 1. The van der Waals surface area contributed by atoms with E-state index in [1.165, 1.54) is 12.3 Å². The molecule has 0 atom stereocenters. The van der Waals surface area contributed by atoms with Gasteiger partial charge in [0.15, 0.2) is 10.8 Å². The second-order valence-corrected chi connectivity index (χ2v) is 3.34. The van der Waals surface area contributed by atoms with Gasteiger partial charge >= 0.3 is 0 Å². The fourth-order valence-corrected chi connectivity index (χ4v) is 1.44. The molecule has 0 radical (unpaired) electrons. The topological polar surface area (TPSA) is 30.0 Å². The van der Waals surface area contributed by atoms with Crippen molar-refractivity contribution >= 4 is 17.1 Å². The maximum atomic E-state index is 12.6. The molecule has 1 heterocycles. The molecule has 0 N–H and O–H groups in total. The molecule has 0 aliphatic heterocycles. The average Bonchev–Trinajstić information content (AvgIpc) is 2.30. The Bertz CT molecular complexity index is 303. The molecule has 1 aromatic heterocycles. The van der Waals surface area contributed by atoms with Crippen LogP contribution < -0.4 is 0 Å². The zero-order chi connectivity index (χ0) is 9.35. The largest absolute Gasteiger partial charge is 0.296 e. The molecule has 66 valence electrons. The van der Waals surface area contributed by atoms with Gasteiger partial charge in [0.25, 0.3) is 5.92 Å². The number of hydrogen-bond donors (Lipinski definition) is 0. The summed E-state index contributed by atoms with van der Waals surface area (Å²) in [7, 11) is 0. The lowest BCUT2D eigenvalue weighted by Crippen LogP contribution is -2.06. The Labute approximate surface area is 72.2 Å². The molecule has 0 bridgehead atoms. The van der Waals surface area contributed by atoms with Gasteiger partial charge in [0, 0.05) is 19.2 Å². The zero-order valence-corrected chi connectivity index (χ0v) is 7.41. The van der Waals surface area contributed by atoms with Crippen LogP contribution in [0.2, 0.25) is 0 Å². The molecule has 0 fully saturated rings. The van der Waals surface area contributed by atoms with Crippen LogP contribution in [0.5, 0.6) is 0 Å². The lowest BCUT2D eigenvalue weighted by Gasteiger charge is -2.03. The molecule has 5 heteroatoms. The number of rotatable bonds is 2. The van der Waals surface area contributed by atoms with Crippen LogP contribution in [0.1, 0.15) is 29.3 Å². The first kappa shape index (κ1) is 9.25. The summed E-state index contributed by atoms with van der Waals surface area (Å²) >= 11 is 0.803. The molecule has 12 heavy (non-hydrogen) atoms. The van der Waals surface area contributed by atoms with Crippen molar-refractivity contribution in [2.24, 2.45) is 0 Å². The number of carbonyl (C=O) groups excluding carboxylic acids is 1. The van der Waals surface area contributed by atoms with Gasteiger partial charge in [0.1, 0.15) is 5.69 Å². The van der Waals surface area contributed by atoms with Gasteiger partial charge in [-0.05, 0) is 0 Å². The maximum Gasteiger partial charge on any atom is 0.296 e. The van der Waals surface area contributed by atoms with Gasteiger partial charge in [-0.1, -0.05) is 0 Å². The smallest absolute Gasteiger partial charge is 0.293 e. The Balaban J connectivity index is 3.00. The Hall–Kier alpha value is -0.840. The number of nitrogens with zero attached hydrogens (tertiary/aromatic N) is 1. The molecule has 0 spiro atoms. The highest BCUT2D eigenvalue weighted by Crippen LogP contribution is 2.29. The summed E-state index contributed by atoms with van der Waals surface area (Å²) in [5.41, 5.74) is 0.108. The van der Waals surface area contributed by atoms with E-state index in [1.807, 2.05) is 0 Å². The van der Waals surface area contributed by atoms with E-state index in [-0.39, 0.29) is 16.5 Å². The average molecular weight is 191 g/mol. The minimum Gasteiger partial charge on any atom is -0.293 e. The van der Waals surface area contributed by atoms with Crippen molar-refractivity contribution in [2.75, 3.05) is 0 Å². The molecule has 0 saturated carbocycles. The Kier molecular flexibility index (Phi) is 2.23. The van der Waals surface area contributed by atoms with Crippen molar-refractivity contribution in [3.63, 3.8) is 0 Å². The third kappa shape index (κ3) is 1.85. The highest BCUT2D eigenvalue weighted by molar-refractivity contribution is 7.10. The van der Waals surface area contributed by atoms with Crippen LogP contribution in [0.4, 0.5) is 8.78 Å². The highest BCUT2D eigenvalue weighted by Gasteiger charge is 2.28. The third-order valence-electron chi connectivity index (χ3n) is 1.24.